The zero-order valence-corrected chi connectivity index (χ0v) is 17.5. The van der Waals surface area contributed by atoms with Gasteiger partial charge in [0.2, 0.25) is 6.79 Å². The number of ether oxygens (including phenoxy) is 2. The number of nitrogens with one attached hydrogen (secondary N) is 1. The number of pyridine rings is 1. The number of rotatable bonds is 4. The van der Waals surface area contributed by atoms with E-state index >= 15 is 0 Å². The number of hydrogen-bond acceptors (Lipinski definition) is 4. The fourth-order valence-corrected chi connectivity index (χ4v) is 3.72. The van der Waals surface area contributed by atoms with Gasteiger partial charge in [-0.1, -0.05) is 52.3 Å². The number of aromatic nitrogens is 1. The Bertz CT molecular complexity index is 1260. The summed E-state index contributed by atoms with van der Waals surface area (Å²) in [5.74, 6) is 1.28. The molecule has 1 aliphatic heterocycles. The van der Waals surface area contributed by atoms with Crippen LogP contribution in [-0.4, -0.2) is 17.7 Å². The van der Waals surface area contributed by atoms with Crippen LogP contribution < -0.4 is 14.8 Å². The third kappa shape index (κ3) is 3.62. The number of para-hydroxylation sites is 1. The summed E-state index contributed by atoms with van der Waals surface area (Å²) in [5.41, 5.74) is 4.03. The number of amides is 1. The minimum atomic E-state index is -0.148. The van der Waals surface area contributed by atoms with Gasteiger partial charge in [0.15, 0.2) is 11.5 Å². The van der Waals surface area contributed by atoms with Crippen molar-refractivity contribution in [2.24, 2.45) is 0 Å². The minimum Gasteiger partial charge on any atom is -0.454 e. The maximum atomic E-state index is 13.1. The molecule has 2 heterocycles. The van der Waals surface area contributed by atoms with Gasteiger partial charge in [0, 0.05) is 22.0 Å². The Kier molecular flexibility index (Phi) is 4.85. The van der Waals surface area contributed by atoms with Gasteiger partial charge in [-0.15, -0.1) is 0 Å². The van der Waals surface area contributed by atoms with Crippen LogP contribution in [0.1, 0.15) is 15.9 Å². The van der Waals surface area contributed by atoms with Crippen LogP contribution in [0.15, 0.2) is 77.3 Å². The topological polar surface area (TPSA) is 60.5 Å². The van der Waals surface area contributed by atoms with Crippen molar-refractivity contribution in [3.8, 4) is 22.8 Å². The molecule has 1 aliphatic rings. The van der Waals surface area contributed by atoms with E-state index < -0.39 is 0 Å². The molecule has 5 rings (SSSR count). The van der Waals surface area contributed by atoms with E-state index in [1.165, 1.54) is 0 Å². The van der Waals surface area contributed by atoms with Gasteiger partial charge in [-0.05, 0) is 42.0 Å². The molecule has 0 bridgehead atoms. The van der Waals surface area contributed by atoms with Gasteiger partial charge < -0.3 is 14.8 Å². The lowest BCUT2D eigenvalue weighted by atomic mass is 10.0. The first kappa shape index (κ1) is 18.6. The molecule has 148 valence electrons. The average molecular weight is 461 g/mol. The number of benzene rings is 3. The van der Waals surface area contributed by atoms with Crippen molar-refractivity contribution in [2.45, 2.75) is 6.54 Å². The summed E-state index contributed by atoms with van der Waals surface area (Å²) in [4.78, 5) is 17.9. The van der Waals surface area contributed by atoms with Crippen LogP contribution >= 0.6 is 15.9 Å². The zero-order chi connectivity index (χ0) is 20.5. The van der Waals surface area contributed by atoms with E-state index in [0.29, 0.717) is 17.9 Å². The summed E-state index contributed by atoms with van der Waals surface area (Å²) < 4.78 is 11.7. The van der Waals surface area contributed by atoms with Gasteiger partial charge in [0.1, 0.15) is 0 Å². The molecule has 0 spiro atoms. The van der Waals surface area contributed by atoms with Crippen LogP contribution in [0.3, 0.4) is 0 Å². The maximum absolute atomic E-state index is 13.1. The van der Waals surface area contributed by atoms with Gasteiger partial charge in [0.05, 0.1) is 16.8 Å². The van der Waals surface area contributed by atoms with E-state index in [-0.39, 0.29) is 12.7 Å². The van der Waals surface area contributed by atoms with Crippen LogP contribution in [0, 0.1) is 0 Å². The van der Waals surface area contributed by atoms with E-state index in [1.807, 2.05) is 72.8 Å². The molecule has 6 heteroatoms. The van der Waals surface area contributed by atoms with Gasteiger partial charge in [-0.3, -0.25) is 4.79 Å². The molecule has 0 saturated carbocycles. The molecular formula is C24H17BrN2O3. The monoisotopic (exact) mass is 460 g/mol. The summed E-state index contributed by atoms with van der Waals surface area (Å²) >= 11 is 3.46. The van der Waals surface area contributed by atoms with E-state index in [1.54, 1.807) is 0 Å². The van der Waals surface area contributed by atoms with E-state index in [4.69, 9.17) is 14.5 Å². The van der Waals surface area contributed by atoms with E-state index in [0.717, 1.165) is 37.9 Å². The molecule has 4 aromatic rings. The fourth-order valence-electron chi connectivity index (χ4n) is 3.46. The Hall–Kier alpha value is -3.38. The molecule has 0 fully saturated rings. The first-order valence-corrected chi connectivity index (χ1v) is 10.3. The van der Waals surface area contributed by atoms with E-state index in [2.05, 4.69) is 21.2 Å². The third-order valence-corrected chi connectivity index (χ3v) is 5.52. The summed E-state index contributed by atoms with van der Waals surface area (Å²) in [6.45, 7) is 0.618. The summed E-state index contributed by atoms with van der Waals surface area (Å²) in [5, 5.41) is 3.84. The van der Waals surface area contributed by atoms with Crippen molar-refractivity contribution in [1.29, 1.82) is 0 Å². The smallest absolute Gasteiger partial charge is 0.252 e. The van der Waals surface area contributed by atoms with Crippen molar-refractivity contribution in [2.75, 3.05) is 6.79 Å². The second-order valence-corrected chi connectivity index (χ2v) is 7.87. The standard InChI is InChI=1S/C24H17BrN2O3/c25-17-8-6-16(7-9-17)21-12-19(18-3-1-2-4-20(18)27-21)24(28)26-13-15-5-10-22-23(11-15)30-14-29-22/h1-12H,13-14H2,(H,26,28). The predicted octanol–water partition coefficient (Wildman–Crippen LogP) is 5.32. The molecule has 3 aromatic carbocycles. The number of fused-ring (bicyclic) bond motifs is 2. The van der Waals surface area contributed by atoms with Crippen LogP contribution in [0.2, 0.25) is 0 Å². The Balaban J connectivity index is 1.46. The normalized spacial score (nSPS) is 12.2. The SMILES string of the molecule is O=C(NCc1ccc2c(c1)OCO2)c1cc(-c2ccc(Br)cc2)nc2ccccc12. The minimum absolute atomic E-state index is 0.148. The largest absolute Gasteiger partial charge is 0.454 e. The molecular weight excluding hydrogens is 444 g/mol. The molecule has 0 saturated heterocycles. The number of carbonyl (C=O) groups excluding carboxylic acids is 1. The third-order valence-electron chi connectivity index (χ3n) is 4.99. The Morgan fingerprint density at radius 1 is 0.967 bits per heavy atom. The predicted molar refractivity (Wildman–Crippen MR) is 119 cm³/mol. The molecule has 30 heavy (non-hydrogen) atoms. The summed E-state index contributed by atoms with van der Waals surface area (Å²) in [6, 6.07) is 23.1. The lowest BCUT2D eigenvalue weighted by molar-refractivity contribution is 0.0952. The second kappa shape index (κ2) is 7.80. The van der Waals surface area contributed by atoms with Gasteiger partial charge in [-0.2, -0.15) is 0 Å². The lowest BCUT2D eigenvalue weighted by Crippen LogP contribution is -2.23. The highest BCUT2D eigenvalue weighted by Gasteiger charge is 2.16. The summed E-state index contributed by atoms with van der Waals surface area (Å²) in [7, 11) is 0. The van der Waals surface area contributed by atoms with Gasteiger partial charge >= 0.3 is 0 Å². The van der Waals surface area contributed by atoms with Crippen molar-refractivity contribution < 1.29 is 14.3 Å². The Morgan fingerprint density at radius 2 is 1.77 bits per heavy atom. The highest BCUT2D eigenvalue weighted by Crippen LogP contribution is 2.32. The lowest BCUT2D eigenvalue weighted by Gasteiger charge is -2.11. The molecule has 1 N–H and O–H groups in total. The quantitative estimate of drug-likeness (QED) is 0.447. The molecule has 0 aliphatic carbocycles. The first-order chi connectivity index (χ1) is 14.7. The number of nitrogens with zero attached hydrogens (tertiary/aromatic N) is 1. The average Bonchev–Trinajstić information content (AvgIpc) is 3.25. The molecule has 1 aromatic heterocycles. The molecule has 0 unspecified atom stereocenters. The fraction of sp³-hybridized carbons (Fsp3) is 0.0833. The molecule has 5 nitrogen and oxygen atoms in total. The van der Waals surface area contributed by atoms with E-state index in [9.17, 15) is 4.79 Å². The molecule has 1 amide bonds. The molecule has 0 atom stereocenters. The van der Waals surface area contributed by atoms with Crippen LogP contribution in [0.5, 0.6) is 11.5 Å². The highest BCUT2D eigenvalue weighted by atomic mass is 79.9. The first-order valence-electron chi connectivity index (χ1n) is 9.50. The maximum Gasteiger partial charge on any atom is 0.252 e. The zero-order valence-electron chi connectivity index (χ0n) is 15.9. The highest BCUT2D eigenvalue weighted by molar-refractivity contribution is 9.10. The molecule has 0 radical (unpaired) electrons. The van der Waals surface area contributed by atoms with Crippen LogP contribution in [0.4, 0.5) is 0 Å². The second-order valence-electron chi connectivity index (χ2n) is 6.95. The van der Waals surface area contributed by atoms with Crippen molar-refractivity contribution in [3.63, 3.8) is 0 Å². The Labute approximate surface area is 181 Å². The summed E-state index contributed by atoms with van der Waals surface area (Å²) in [6.07, 6.45) is 0. The van der Waals surface area contributed by atoms with Crippen molar-refractivity contribution in [3.05, 3.63) is 88.4 Å². The van der Waals surface area contributed by atoms with Gasteiger partial charge in [0.25, 0.3) is 5.91 Å². The van der Waals surface area contributed by atoms with Crippen LogP contribution in [-0.2, 0) is 6.54 Å². The number of carbonyl (C=O) groups is 1. The van der Waals surface area contributed by atoms with Crippen molar-refractivity contribution >= 4 is 32.7 Å². The Morgan fingerprint density at radius 3 is 2.63 bits per heavy atom. The number of hydrogen-bond donors (Lipinski definition) is 1. The van der Waals surface area contributed by atoms with Gasteiger partial charge in [-0.25, -0.2) is 4.98 Å². The van der Waals surface area contributed by atoms with Crippen molar-refractivity contribution in [1.82, 2.24) is 10.3 Å². The number of halogens is 1. The van der Waals surface area contributed by atoms with Crippen LogP contribution in [0.25, 0.3) is 22.2 Å².